The summed E-state index contributed by atoms with van der Waals surface area (Å²) >= 11 is 0. The van der Waals surface area contributed by atoms with Gasteiger partial charge in [-0.2, -0.15) is 5.10 Å². The second-order valence-corrected chi connectivity index (χ2v) is 9.65. The molecule has 1 unspecified atom stereocenters. The normalized spacial score (nSPS) is 19.8. The molecule has 0 saturated carbocycles. The molecule has 4 amide bonds. The van der Waals surface area contributed by atoms with Crippen molar-refractivity contribution >= 4 is 35.6 Å². The fourth-order valence-electron chi connectivity index (χ4n) is 5.05. The van der Waals surface area contributed by atoms with Crippen molar-refractivity contribution in [3.63, 3.8) is 0 Å². The van der Waals surface area contributed by atoms with Gasteiger partial charge in [0.1, 0.15) is 17.9 Å². The first-order valence-corrected chi connectivity index (χ1v) is 12.4. The molecule has 0 bridgehead atoms. The Hall–Kier alpha value is -4.26. The number of fused-ring (bicyclic) bond motifs is 1. The van der Waals surface area contributed by atoms with Gasteiger partial charge >= 0.3 is 0 Å². The Morgan fingerprint density at radius 2 is 1.84 bits per heavy atom. The number of imide groups is 2. The fourth-order valence-corrected chi connectivity index (χ4v) is 5.05. The number of carbonyl (C=O) groups excluding carboxylic acids is 5. The Morgan fingerprint density at radius 3 is 2.51 bits per heavy atom. The van der Waals surface area contributed by atoms with E-state index in [2.05, 4.69) is 27.2 Å². The highest BCUT2D eigenvalue weighted by Gasteiger charge is 2.45. The van der Waals surface area contributed by atoms with Crippen molar-refractivity contribution in [2.24, 2.45) is 5.92 Å². The molecule has 0 radical (unpaired) electrons. The molecule has 37 heavy (non-hydrogen) atoms. The van der Waals surface area contributed by atoms with Crippen LogP contribution in [0.1, 0.15) is 65.8 Å². The number of aromatic nitrogens is 2. The molecule has 190 valence electrons. The van der Waals surface area contributed by atoms with E-state index in [-0.39, 0.29) is 29.9 Å². The van der Waals surface area contributed by atoms with Crippen LogP contribution in [0.4, 0.5) is 5.69 Å². The van der Waals surface area contributed by atoms with E-state index in [1.165, 1.54) is 0 Å². The van der Waals surface area contributed by atoms with Gasteiger partial charge in [-0.05, 0) is 37.5 Å². The minimum absolute atomic E-state index is 0.0845. The maximum Gasteiger partial charge on any atom is 0.262 e. The van der Waals surface area contributed by atoms with Crippen LogP contribution in [0.2, 0.25) is 0 Å². The number of nitrogens with one attached hydrogen (secondary N) is 1. The third-order valence-electron chi connectivity index (χ3n) is 7.57. The largest absolute Gasteiger partial charge is 0.369 e. The van der Waals surface area contributed by atoms with E-state index >= 15 is 0 Å². The van der Waals surface area contributed by atoms with E-state index in [0.717, 1.165) is 22.4 Å². The average Bonchev–Trinajstić information content (AvgIpc) is 3.43. The summed E-state index contributed by atoms with van der Waals surface area (Å²) in [7, 11) is 0. The third-order valence-corrected chi connectivity index (χ3v) is 7.57. The molecule has 1 N–H and O–H groups in total. The van der Waals surface area contributed by atoms with E-state index in [1.807, 2.05) is 20.0 Å². The van der Waals surface area contributed by atoms with Crippen LogP contribution in [0.15, 0.2) is 30.6 Å². The van der Waals surface area contributed by atoms with Gasteiger partial charge in [-0.15, -0.1) is 0 Å². The summed E-state index contributed by atoms with van der Waals surface area (Å²) in [4.78, 5) is 64.3. The minimum Gasteiger partial charge on any atom is -0.369 e. The van der Waals surface area contributed by atoms with Crippen LogP contribution in [0, 0.1) is 17.8 Å². The van der Waals surface area contributed by atoms with Crippen LogP contribution in [0.3, 0.4) is 0 Å². The molecule has 1 aromatic heterocycles. The lowest BCUT2D eigenvalue weighted by Crippen LogP contribution is -2.54. The van der Waals surface area contributed by atoms with Gasteiger partial charge in [-0.3, -0.25) is 34.1 Å². The number of benzene rings is 1. The van der Waals surface area contributed by atoms with Gasteiger partial charge in [0.15, 0.2) is 0 Å². The quantitative estimate of drug-likeness (QED) is 0.362. The number of piperidine rings is 1. The second kappa shape index (κ2) is 9.32. The predicted molar refractivity (Wildman–Crippen MR) is 133 cm³/mol. The molecule has 4 heterocycles. The topological polar surface area (TPSA) is 122 Å². The zero-order valence-electron chi connectivity index (χ0n) is 20.7. The lowest BCUT2D eigenvalue weighted by molar-refractivity contribution is -0.136. The van der Waals surface area contributed by atoms with Crippen LogP contribution in [0.25, 0.3) is 0 Å². The smallest absolute Gasteiger partial charge is 0.262 e. The van der Waals surface area contributed by atoms with E-state index in [1.54, 1.807) is 29.1 Å². The van der Waals surface area contributed by atoms with Gasteiger partial charge in [-0.1, -0.05) is 25.7 Å². The van der Waals surface area contributed by atoms with E-state index in [4.69, 9.17) is 0 Å². The molecule has 10 heteroatoms. The molecule has 0 aliphatic carbocycles. The lowest BCUT2D eigenvalue weighted by Gasteiger charge is -2.38. The van der Waals surface area contributed by atoms with Crippen LogP contribution in [0.5, 0.6) is 0 Å². The van der Waals surface area contributed by atoms with Crippen LogP contribution in [-0.4, -0.2) is 63.7 Å². The summed E-state index contributed by atoms with van der Waals surface area (Å²) in [6.45, 7) is 5.26. The van der Waals surface area contributed by atoms with E-state index < -0.39 is 35.2 Å². The summed E-state index contributed by atoms with van der Waals surface area (Å²) in [5, 5.41) is 6.55. The minimum atomic E-state index is -0.979. The number of hydrogen-bond donors (Lipinski definition) is 1. The summed E-state index contributed by atoms with van der Waals surface area (Å²) in [6.07, 6.45) is 5.94. The number of hydrogen-bond acceptors (Lipinski definition) is 7. The Bertz CT molecular complexity index is 1370. The molecular weight excluding hydrogens is 474 g/mol. The third kappa shape index (κ3) is 4.10. The maximum atomic E-state index is 13.0. The number of amides is 4. The molecule has 2 aromatic rings. The van der Waals surface area contributed by atoms with E-state index in [0.29, 0.717) is 25.9 Å². The van der Waals surface area contributed by atoms with E-state index in [9.17, 15) is 24.0 Å². The van der Waals surface area contributed by atoms with Crippen molar-refractivity contribution in [1.29, 1.82) is 0 Å². The van der Waals surface area contributed by atoms with Gasteiger partial charge in [-0.25, -0.2) is 0 Å². The number of aldehydes is 1. The Morgan fingerprint density at radius 1 is 1.11 bits per heavy atom. The Kier molecular flexibility index (Phi) is 6.15. The number of anilines is 1. The molecule has 1 atom stereocenters. The molecule has 0 spiro atoms. The number of carbonyl (C=O) groups is 5. The fraction of sp³-hybridized carbons (Fsp3) is 0.407. The van der Waals surface area contributed by atoms with Gasteiger partial charge < -0.3 is 9.69 Å². The molecular formula is C27H27N5O5. The van der Waals surface area contributed by atoms with Crippen molar-refractivity contribution in [2.75, 3.05) is 18.0 Å². The molecule has 2 saturated heterocycles. The van der Waals surface area contributed by atoms with Gasteiger partial charge in [0.05, 0.1) is 28.8 Å². The van der Waals surface area contributed by atoms with Crippen molar-refractivity contribution in [3.8, 4) is 11.8 Å². The first-order valence-electron chi connectivity index (χ1n) is 12.4. The second-order valence-electron chi connectivity index (χ2n) is 9.65. The zero-order chi connectivity index (χ0) is 26.3. The number of rotatable bonds is 6. The van der Waals surface area contributed by atoms with Crippen molar-refractivity contribution in [1.82, 2.24) is 20.0 Å². The predicted octanol–water partition coefficient (Wildman–Crippen LogP) is 1.49. The van der Waals surface area contributed by atoms with Gasteiger partial charge in [0, 0.05) is 31.4 Å². The highest BCUT2D eigenvalue weighted by molar-refractivity contribution is 6.23. The summed E-state index contributed by atoms with van der Waals surface area (Å²) in [5.74, 6) is 4.46. The SMILES string of the molecule is CCC(C=O)(CC)n1cc(C#CC2CN(c3ccc4c(c3)C(=O)N(C3CCC(=O)NC3=O)C4=O)C2)cn1. The molecule has 3 aliphatic rings. The summed E-state index contributed by atoms with van der Waals surface area (Å²) < 4.78 is 1.69. The van der Waals surface area contributed by atoms with Gasteiger partial charge in [0.25, 0.3) is 11.8 Å². The number of nitrogens with zero attached hydrogens (tertiary/aromatic N) is 4. The Balaban J connectivity index is 1.25. The molecule has 10 nitrogen and oxygen atoms in total. The first-order chi connectivity index (χ1) is 17.8. The summed E-state index contributed by atoms with van der Waals surface area (Å²) in [6, 6.07) is 4.11. The zero-order valence-corrected chi connectivity index (χ0v) is 20.7. The monoisotopic (exact) mass is 501 g/mol. The maximum absolute atomic E-state index is 13.0. The van der Waals surface area contributed by atoms with Crippen LogP contribution < -0.4 is 10.2 Å². The lowest BCUT2D eigenvalue weighted by atomic mass is 9.95. The van der Waals surface area contributed by atoms with Gasteiger partial charge in [0.2, 0.25) is 11.8 Å². The molecule has 1 aromatic carbocycles. The summed E-state index contributed by atoms with van der Waals surface area (Å²) in [5.41, 5.74) is 1.43. The highest BCUT2D eigenvalue weighted by atomic mass is 16.2. The Labute approximate surface area is 214 Å². The van der Waals surface area contributed by atoms with Crippen molar-refractivity contribution < 1.29 is 24.0 Å². The van der Waals surface area contributed by atoms with Crippen LogP contribution >= 0.6 is 0 Å². The molecule has 5 rings (SSSR count). The first kappa shape index (κ1) is 24.4. The van der Waals surface area contributed by atoms with Crippen LogP contribution in [-0.2, 0) is 19.9 Å². The highest BCUT2D eigenvalue weighted by Crippen LogP contribution is 2.33. The molecule has 3 aliphatic heterocycles. The standard InChI is InChI=1S/C27H27N5O5/c1-3-27(4-2,16-33)31-15-17(12-28-31)5-6-18-13-30(14-18)19-7-8-20-21(11-19)26(37)32(25(20)36)22-9-10-23(34)29-24(22)35/h7-8,11-12,15-16,18,22H,3-4,9-10,13-14H2,1-2H3,(H,29,34,35). The van der Waals surface area contributed by atoms with Crippen molar-refractivity contribution in [2.45, 2.75) is 51.1 Å². The van der Waals surface area contributed by atoms with Crippen molar-refractivity contribution in [3.05, 3.63) is 47.3 Å². The average molecular weight is 502 g/mol. The molecule has 2 fully saturated rings.